The van der Waals surface area contributed by atoms with Gasteiger partial charge in [0.25, 0.3) is 0 Å². The smallest absolute Gasteiger partial charge is 0.153 e. The van der Waals surface area contributed by atoms with Gasteiger partial charge in [-0.2, -0.15) is 5.10 Å². The molecule has 0 bridgehead atoms. The van der Waals surface area contributed by atoms with Gasteiger partial charge < -0.3 is 9.67 Å². The maximum absolute atomic E-state index is 10.2. The van der Waals surface area contributed by atoms with E-state index in [0.29, 0.717) is 5.82 Å². The zero-order valence-corrected chi connectivity index (χ0v) is 9.54. The Morgan fingerprint density at radius 1 is 1.44 bits per heavy atom. The van der Waals surface area contributed by atoms with Crippen LogP contribution < -0.4 is 0 Å². The van der Waals surface area contributed by atoms with Gasteiger partial charge in [-0.3, -0.25) is 4.68 Å². The van der Waals surface area contributed by atoms with Gasteiger partial charge in [0.05, 0.1) is 5.69 Å². The van der Waals surface area contributed by atoms with Crippen molar-refractivity contribution < 1.29 is 5.11 Å². The van der Waals surface area contributed by atoms with Crippen molar-refractivity contribution in [3.8, 4) is 0 Å². The molecule has 0 radical (unpaired) electrons. The number of aliphatic hydroxyl groups is 1. The molecule has 0 aliphatic rings. The Balaban J connectivity index is 2.30. The van der Waals surface area contributed by atoms with Crippen LogP contribution in [-0.2, 0) is 13.6 Å². The van der Waals surface area contributed by atoms with Crippen LogP contribution in [0.1, 0.15) is 31.0 Å². The van der Waals surface area contributed by atoms with Gasteiger partial charge in [0, 0.05) is 32.2 Å². The summed E-state index contributed by atoms with van der Waals surface area (Å²) >= 11 is 0. The molecule has 0 fully saturated rings. The van der Waals surface area contributed by atoms with Crippen molar-refractivity contribution in [2.45, 2.75) is 26.0 Å². The van der Waals surface area contributed by atoms with Crippen molar-refractivity contribution in [2.75, 3.05) is 0 Å². The van der Waals surface area contributed by atoms with E-state index in [4.69, 9.17) is 0 Å². The molecule has 2 rings (SSSR count). The minimum Gasteiger partial charge on any atom is -0.379 e. The summed E-state index contributed by atoms with van der Waals surface area (Å²) in [6.07, 6.45) is 5.57. The van der Waals surface area contributed by atoms with Crippen LogP contribution in [0.4, 0.5) is 0 Å². The average molecular weight is 220 g/mol. The van der Waals surface area contributed by atoms with E-state index in [1.165, 1.54) is 0 Å². The van der Waals surface area contributed by atoms with Crippen molar-refractivity contribution in [1.29, 1.82) is 0 Å². The van der Waals surface area contributed by atoms with Crippen LogP contribution in [0.25, 0.3) is 0 Å². The standard InChI is InChI=1S/C11H16N4O/c1-3-7-15-8-6-12-11(15)10(16)9-4-5-13-14(9)2/h4-6,8,10,16H,3,7H2,1-2H3. The SMILES string of the molecule is CCCn1ccnc1C(O)c1ccnn1C. The van der Waals surface area contributed by atoms with Crippen LogP contribution in [0.2, 0.25) is 0 Å². The number of aromatic nitrogens is 4. The fourth-order valence-corrected chi connectivity index (χ4v) is 1.78. The van der Waals surface area contributed by atoms with E-state index < -0.39 is 6.10 Å². The Bertz CT molecular complexity index is 460. The highest BCUT2D eigenvalue weighted by atomic mass is 16.3. The molecule has 1 unspecified atom stereocenters. The molecule has 0 aromatic carbocycles. The van der Waals surface area contributed by atoms with Crippen molar-refractivity contribution >= 4 is 0 Å². The third-order valence-corrected chi connectivity index (χ3v) is 2.60. The topological polar surface area (TPSA) is 55.9 Å². The van der Waals surface area contributed by atoms with Gasteiger partial charge in [0.15, 0.2) is 6.10 Å². The van der Waals surface area contributed by atoms with Crippen LogP contribution in [0.15, 0.2) is 24.7 Å². The molecular weight excluding hydrogens is 204 g/mol. The minimum atomic E-state index is -0.714. The second-order valence-corrected chi connectivity index (χ2v) is 3.76. The van der Waals surface area contributed by atoms with Gasteiger partial charge in [-0.05, 0) is 12.5 Å². The second-order valence-electron chi connectivity index (χ2n) is 3.76. The van der Waals surface area contributed by atoms with E-state index in [1.54, 1.807) is 23.1 Å². The summed E-state index contributed by atoms with van der Waals surface area (Å²) in [5.41, 5.74) is 0.753. The Morgan fingerprint density at radius 3 is 2.88 bits per heavy atom. The second kappa shape index (κ2) is 4.49. The van der Waals surface area contributed by atoms with Crippen LogP contribution in [0.3, 0.4) is 0 Å². The molecule has 86 valence electrons. The van der Waals surface area contributed by atoms with Crippen LogP contribution in [0.5, 0.6) is 0 Å². The highest BCUT2D eigenvalue weighted by Crippen LogP contribution is 2.19. The third kappa shape index (κ3) is 1.86. The normalized spacial score (nSPS) is 12.9. The molecule has 2 aromatic heterocycles. The van der Waals surface area contributed by atoms with Crippen LogP contribution >= 0.6 is 0 Å². The molecule has 0 spiro atoms. The number of rotatable bonds is 4. The van der Waals surface area contributed by atoms with E-state index in [9.17, 15) is 5.11 Å². The average Bonchev–Trinajstić information content (AvgIpc) is 2.87. The first-order chi connectivity index (χ1) is 7.74. The van der Waals surface area contributed by atoms with Gasteiger partial charge in [-0.25, -0.2) is 4.98 Å². The molecule has 1 N–H and O–H groups in total. The number of imidazole rings is 1. The van der Waals surface area contributed by atoms with Crippen LogP contribution in [0, 0.1) is 0 Å². The summed E-state index contributed by atoms with van der Waals surface area (Å²) in [5.74, 6) is 0.672. The first kappa shape index (κ1) is 10.9. The van der Waals surface area contributed by atoms with Crippen molar-refractivity contribution in [3.63, 3.8) is 0 Å². The summed E-state index contributed by atoms with van der Waals surface area (Å²) in [4.78, 5) is 4.20. The summed E-state index contributed by atoms with van der Waals surface area (Å²) < 4.78 is 3.63. The number of hydrogen-bond donors (Lipinski definition) is 1. The van der Waals surface area contributed by atoms with Gasteiger partial charge in [-0.15, -0.1) is 0 Å². The fraction of sp³-hybridized carbons (Fsp3) is 0.455. The van der Waals surface area contributed by atoms with E-state index in [1.807, 2.05) is 17.8 Å². The molecular formula is C11H16N4O. The lowest BCUT2D eigenvalue weighted by Crippen LogP contribution is -2.13. The highest BCUT2D eigenvalue weighted by molar-refractivity contribution is 5.14. The molecule has 5 nitrogen and oxygen atoms in total. The molecule has 0 amide bonds. The molecule has 2 heterocycles. The lowest BCUT2D eigenvalue weighted by molar-refractivity contribution is 0.194. The molecule has 1 atom stereocenters. The summed E-state index contributed by atoms with van der Waals surface area (Å²) in [6, 6.07) is 1.80. The monoisotopic (exact) mass is 220 g/mol. The van der Waals surface area contributed by atoms with Gasteiger partial charge in [0.1, 0.15) is 5.82 Å². The Hall–Kier alpha value is -1.62. The molecule has 0 saturated heterocycles. The zero-order chi connectivity index (χ0) is 11.5. The first-order valence-electron chi connectivity index (χ1n) is 5.41. The Kier molecular flexibility index (Phi) is 3.05. The highest BCUT2D eigenvalue weighted by Gasteiger charge is 2.18. The fourth-order valence-electron chi connectivity index (χ4n) is 1.78. The minimum absolute atomic E-state index is 0.672. The lowest BCUT2D eigenvalue weighted by atomic mass is 10.2. The van der Waals surface area contributed by atoms with Crippen LogP contribution in [-0.4, -0.2) is 24.4 Å². The van der Waals surface area contributed by atoms with E-state index in [0.717, 1.165) is 18.7 Å². The van der Waals surface area contributed by atoms with Gasteiger partial charge >= 0.3 is 0 Å². The first-order valence-corrected chi connectivity index (χ1v) is 5.41. The summed E-state index contributed by atoms with van der Waals surface area (Å²) in [7, 11) is 1.81. The van der Waals surface area contributed by atoms with E-state index >= 15 is 0 Å². The van der Waals surface area contributed by atoms with Crippen molar-refractivity contribution in [2.24, 2.45) is 7.05 Å². The predicted molar refractivity (Wildman–Crippen MR) is 59.8 cm³/mol. The molecule has 0 saturated carbocycles. The van der Waals surface area contributed by atoms with Crippen molar-refractivity contribution in [3.05, 3.63) is 36.2 Å². The van der Waals surface area contributed by atoms with E-state index in [2.05, 4.69) is 17.0 Å². The Labute approximate surface area is 94.4 Å². The number of hydrogen-bond acceptors (Lipinski definition) is 3. The summed E-state index contributed by atoms with van der Waals surface area (Å²) in [6.45, 7) is 2.96. The number of aliphatic hydroxyl groups excluding tert-OH is 1. The molecule has 0 aliphatic heterocycles. The molecule has 2 aromatic rings. The number of nitrogens with zero attached hydrogens (tertiary/aromatic N) is 4. The maximum Gasteiger partial charge on any atom is 0.153 e. The zero-order valence-electron chi connectivity index (χ0n) is 9.54. The third-order valence-electron chi connectivity index (χ3n) is 2.60. The molecule has 16 heavy (non-hydrogen) atoms. The van der Waals surface area contributed by atoms with Gasteiger partial charge in [0.2, 0.25) is 0 Å². The largest absolute Gasteiger partial charge is 0.379 e. The summed E-state index contributed by atoms with van der Waals surface area (Å²) in [5, 5.41) is 14.3. The predicted octanol–water partition coefficient (Wildman–Crippen LogP) is 1.11. The number of aryl methyl sites for hydroxylation is 2. The van der Waals surface area contributed by atoms with Crippen molar-refractivity contribution in [1.82, 2.24) is 19.3 Å². The van der Waals surface area contributed by atoms with E-state index in [-0.39, 0.29) is 0 Å². The quantitative estimate of drug-likeness (QED) is 0.839. The maximum atomic E-state index is 10.2. The van der Waals surface area contributed by atoms with Gasteiger partial charge in [-0.1, -0.05) is 6.92 Å². The molecule has 0 aliphatic carbocycles. The lowest BCUT2D eigenvalue weighted by Gasteiger charge is -2.12. The molecule has 5 heteroatoms. The Morgan fingerprint density at radius 2 is 2.25 bits per heavy atom.